The van der Waals surface area contributed by atoms with Gasteiger partial charge >= 0.3 is 6.01 Å². The lowest BCUT2D eigenvalue weighted by Gasteiger charge is -2.17. The van der Waals surface area contributed by atoms with Crippen LogP contribution in [0.2, 0.25) is 0 Å². The molecule has 3 heterocycles. The first kappa shape index (κ1) is 19.0. The normalized spacial score (nSPS) is 15.8. The van der Waals surface area contributed by atoms with Gasteiger partial charge in [-0.1, -0.05) is 35.5 Å². The van der Waals surface area contributed by atoms with E-state index in [1.165, 1.54) is 6.07 Å². The third kappa shape index (κ3) is 4.32. The van der Waals surface area contributed by atoms with Gasteiger partial charge in [-0.25, -0.2) is 9.37 Å². The fourth-order valence-electron chi connectivity index (χ4n) is 3.58. The number of pyridine rings is 1. The SMILES string of the molecule is Fc1cccnc1N1CCC(Nc2nc(-c3cccc(Oc4ccccc4)c3)no2)C1. The molecule has 5 rings (SSSR count). The number of ether oxygens (including phenoxy) is 1. The molecule has 1 aliphatic heterocycles. The molecule has 7 nitrogen and oxygen atoms in total. The number of rotatable bonds is 6. The van der Waals surface area contributed by atoms with Crippen LogP contribution < -0.4 is 15.0 Å². The van der Waals surface area contributed by atoms with Crippen LogP contribution in [0.5, 0.6) is 11.5 Å². The summed E-state index contributed by atoms with van der Waals surface area (Å²) in [6, 6.07) is 20.5. The van der Waals surface area contributed by atoms with E-state index < -0.39 is 0 Å². The zero-order chi connectivity index (χ0) is 21.0. The highest BCUT2D eigenvalue weighted by Gasteiger charge is 2.26. The third-order valence-corrected chi connectivity index (χ3v) is 5.05. The molecule has 1 fully saturated rings. The number of nitrogens with zero attached hydrogens (tertiary/aromatic N) is 4. The molecule has 0 radical (unpaired) electrons. The van der Waals surface area contributed by atoms with Crippen LogP contribution in [0.15, 0.2) is 77.4 Å². The quantitative estimate of drug-likeness (QED) is 0.485. The van der Waals surface area contributed by atoms with Gasteiger partial charge in [0.1, 0.15) is 11.5 Å². The van der Waals surface area contributed by atoms with Crippen molar-refractivity contribution < 1.29 is 13.7 Å². The van der Waals surface area contributed by atoms with Crippen molar-refractivity contribution in [2.24, 2.45) is 0 Å². The summed E-state index contributed by atoms with van der Waals surface area (Å²) in [6.45, 7) is 1.30. The molecule has 2 aromatic carbocycles. The van der Waals surface area contributed by atoms with Crippen LogP contribution >= 0.6 is 0 Å². The molecule has 1 unspecified atom stereocenters. The van der Waals surface area contributed by atoms with Crippen LogP contribution in [0.3, 0.4) is 0 Å². The molecule has 4 aromatic rings. The predicted molar refractivity (Wildman–Crippen MR) is 115 cm³/mol. The summed E-state index contributed by atoms with van der Waals surface area (Å²) in [5.74, 6) is 1.96. The standard InChI is InChI=1S/C23H20FN5O2/c24-20-10-5-12-25-22(20)29-13-11-17(15-29)26-23-27-21(28-31-23)16-6-4-9-19(14-16)30-18-7-2-1-3-8-18/h1-10,12,14,17H,11,13,15H2,(H,26,27,28). The van der Waals surface area contributed by atoms with Gasteiger partial charge in [-0.3, -0.25) is 0 Å². The van der Waals surface area contributed by atoms with E-state index >= 15 is 0 Å². The van der Waals surface area contributed by atoms with Crippen molar-refractivity contribution in [2.45, 2.75) is 12.5 Å². The zero-order valence-corrected chi connectivity index (χ0v) is 16.6. The molecule has 1 saturated heterocycles. The highest BCUT2D eigenvalue weighted by Crippen LogP contribution is 2.27. The minimum Gasteiger partial charge on any atom is -0.457 e. The Morgan fingerprint density at radius 2 is 1.90 bits per heavy atom. The lowest BCUT2D eigenvalue weighted by atomic mass is 10.2. The Morgan fingerprint density at radius 3 is 2.77 bits per heavy atom. The van der Waals surface area contributed by atoms with Crippen molar-refractivity contribution >= 4 is 11.8 Å². The number of halogens is 1. The Bertz CT molecular complexity index is 1170. The number of benzene rings is 2. The number of nitrogens with one attached hydrogen (secondary N) is 1. The van der Waals surface area contributed by atoms with Crippen LogP contribution in [0.1, 0.15) is 6.42 Å². The van der Waals surface area contributed by atoms with Crippen molar-refractivity contribution in [3.8, 4) is 22.9 Å². The maximum absolute atomic E-state index is 14.0. The van der Waals surface area contributed by atoms with Crippen molar-refractivity contribution in [2.75, 3.05) is 23.3 Å². The molecule has 0 saturated carbocycles. The van der Waals surface area contributed by atoms with Crippen LogP contribution in [-0.2, 0) is 0 Å². The lowest BCUT2D eigenvalue weighted by Crippen LogP contribution is -2.27. The molecule has 1 atom stereocenters. The summed E-state index contributed by atoms with van der Waals surface area (Å²) >= 11 is 0. The fourth-order valence-corrected chi connectivity index (χ4v) is 3.58. The number of para-hydroxylation sites is 1. The maximum Gasteiger partial charge on any atom is 0.322 e. The molecule has 0 aliphatic carbocycles. The summed E-state index contributed by atoms with van der Waals surface area (Å²) in [5, 5.41) is 7.32. The van der Waals surface area contributed by atoms with Gasteiger partial charge in [0.2, 0.25) is 5.82 Å². The minimum absolute atomic E-state index is 0.0578. The summed E-state index contributed by atoms with van der Waals surface area (Å²) in [4.78, 5) is 10.5. The van der Waals surface area contributed by atoms with Crippen LogP contribution in [0, 0.1) is 5.82 Å². The number of hydrogen-bond acceptors (Lipinski definition) is 7. The average molecular weight is 417 g/mol. The molecule has 2 aromatic heterocycles. The summed E-state index contributed by atoms with van der Waals surface area (Å²) in [5.41, 5.74) is 0.786. The van der Waals surface area contributed by atoms with Crippen molar-refractivity contribution in [1.82, 2.24) is 15.1 Å². The topological polar surface area (TPSA) is 76.3 Å². The Labute approximate surface area is 178 Å². The summed E-state index contributed by atoms with van der Waals surface area (Å²) in [6.07, 6.45) is 2.41. The molecule has 1 N–H and O–H groups in total. The van der Waals surface area contributed by atoms with Gasteiger partial charge in [0.15, 0.2) is 11.6 Å². The van der Waals surface area contributed by atoms with E-state index in [-0.39, 0.29) is 11.9 Å². The van der Waals surface area contributed by atoms with Gasteiger partial charge in [-0.2, -0.15) is 4.98 Å². The summed E-state index contributed by atoms with van der Waals surface area (Å²) < 4.78 is 25.2. The van der Waals surface area contributed by atoms with E-state index in [1.807, 2.05) is 59.5 Å². The Morgan fingerprint density at radius 1 is 1.03 bits per heavy atom. The van der Waals surface area contributed by atoms with Gasteiger partial charge in [0.05, 0.1) is 0 Å². The number of anilines is 2. The molecule has 31 heavy (non-hydrogen) atoms. The molecular weight excluding hydrogens is 397 g/mol. The largest absolute Gasteiger partial charge is 0.457 e. The highest BCUT2D eigenvalue weighted by molar-refractivity contribution is 5.58. The first-order valence-electron chi connectivity index (χ1n) is 10.0. The second-order valence-corrected chi connectivity index (χ2v) is 7.25. The average Bonchev–Trinajstić information content (AvgIpc) is 3.45. The number of hydrogen-bond donors (Lipinski definition) is 1. The molecule has 156 valence electrons. The highest BCUT2D eigenvalue weighted by atomic mass is 19.1. The van der Waals surface area contributed by atoms with Gasteiger partial charge in [0, 0.05) is 30.9 Å². The van der Waals surface area contributed by atoms with Gasteiger partial charge in [-0.05, 0) is 42.8 Å². The van der Waals surface area contributed by atoms with E-state index in [0.717, 1.165) is 17.7 Å². The maximum atomic E-state index is 14.0. The van der Waals surface area contributed by atoms with E-state index in [1.54, 1.807) is 12.3 Å². The zero-order valence-electron chi connectivity index (χ0n) is 16.6. The third-order valence-electron chi connectivity index (χ3n) is 5.05. The smallest absolute Gasteiger partial charge is 0.322 e. The van der Waals surface area contributed by atoms with Crippen LogP contribution in [0.4, 0.5) is 16.2 Å². The Balaban J connectivity index is 1.25. The summed E-state index contributed by atoms with van der Waals surface area (Å²) in [7, 11) is 0. The molecule has 1 aliphatic rings. The second kappa shape index (κ2) is 8.43. The molecule has 0 amide bonds. The second-order valence-electron chi connectivity index (χ2n) is 7.25. The minimum atomic E-state index is -0.319. The number of aromatic nitrogens is 3. The first-order valence-corrected chi connectivity index (χ1v) is 10.0. The molecular formula is C23H20FN5O2. The van der Waals surface area contributed by atoms with Gasteiger partial charge < -0.3 is 19.5 Å². The molecule has 8 heteroatoms. The van der Waals surface area contributed by atoms with E-state index in [2.05, 4.69) is 20.4 Å². The predicted octanol–water partition coefficient (Wildman–Crippen LogP) is 4.75. The van der Waals surface area contributed by atoms with Crippen molar-refractivity contribution in [3.63, 3.8) is 0 Å². The molecule has 0 spiro atoms. The van der Waals surface area contributed by atoms with Gasteiger partial charge in [-0.15, -0.1) is 0 Å². The van der Waals surface area contributed by atoms with Crippen LogP contribution in [0.25, 0.3) is 11.4 Å². The van der Waals surface area contributed by atoms with Crippen molar-refractivity contribution in [1.29, 1.82) is 0 Å². The Kier molecular flexibility index (Phi) is 5.18. The first-order chi connectivity index (χ1) is 15.2. The lowest BCUT2D eigenvalue weighted by molar-refractivity contribution is 0.428. The van der Waals surface area contributed by atoms with E-state index in [4.69, 9.17) is 9.26 Å². The van der Waals surface area contributed by atoms with Gasteiger partial charge in [0.25, 0.3) is 0 Å². The fraction of sp³-hybridized carbons (Fsp3) is 0.174. The van der Waals surface area contributed by atoms with Crippen molar-refractivity contribution in [3.05, 3.63) is 78.7 Å². The van der Waals surface area contributed by atoms with E-state index in [0.29, 0.717) is 36.5 Å². The van der Waals surface area contributed by atoms with Crippen LogP contribution in [-0.4, -0.2) is 34.3 Å². The monoisotopic (exact) mass is 417 g/mol. The van der Waals surface area contributed by atoms with E-state index in [9.17, 15) is 4.39 Å². The molecule has 0 bridgehead atoms. The Hall–Kier alpha value is -3.94.